The molecule has 2 N–H and O–H groups in total. The van der Waals surface area contributed by atoms with Gasteiger partial charge in [0.15, 0.2) is 0 Å². The Bertz CT molecular complexity index is 779. The molecule has 0 unspecified atom stereocenters. The highest BCUT2D eigenvalue weighted by molar-refractivity contribution is 7.51. The van der Waals surface area contributed by atoms with Gasteiger partial charge in [0.05, 0.1) is 17.4 Å². The molecule has 3 rings (SSSR count). The second-order valence-corrected chi connectivity index (χ2v) is 8.88. The minimum Gasteiger partial charge on any atom is -0.324 e. The zero-order valence-corrected chi connectivity index (χ0v) is 15.2. The number of rotatable bonds is 4. The van der Waals surface area contributed by atoms with Crippen molar-refractivity contribution in [3.05, 3.63) is 35.3 Å². The number of hydrogen-bond acceptors (Lipinski definition) is 3. The lowest BCUT2D eigenvalue weighted by molar-refractivity contribution is 0.307. The SMILES string of the molecule is Cc1cc2ncnc(C3CCC(CCP(=O)(O)O)CC3)c2cc1C. The fourth-order valence-corrected chi connectivity index (χ4v) is 4.44. The Balaban J connectivity index is 1.74. The van der Waals surface area contributed by atoms with Gasteiger partial charge in [0, 0.05) is 11.3 Å². The molecule has 1 aliphatic rings. The summed E-state index contributed by atoms with van der Waals surface area (Å²) in [6.07, 6.45) is 6.39. The summed E-state index contributed by atoms with van der Waals surface area (Å²) in [5.41, 5.74) is 4.64. The third kappa shape index (κ3) is 4.02. The Hall–Kier alpha value is -1.29. The fraction of sp³-hybridized carbons (Fsp3) is 0.556. The standard InChI is InChI=1S/C18H25N2O3P/c1-12-9-16-17(10-13(12)2)19-11-20-18(16)15-5-3-14(4-6-15)7-8-24(21,22)23/h9-11,14-15H,3-8H2,1-2H3,(H2,21,22,23). The summed E-state index contributed by atoms with van der Waals surface area (Å²) in [5.74, 6) is 0.842. The molecule has 0 spiro atoms. The number of hydrogen-bond donors (Lipinski definition) is 2. The van der Waals surface area contributed by atoms with Crippen LogP contribution in [0.1, 0.15) is 54.8 Å². The lowest BCUT2D eigenvalue weighted by Gasteiger charge is -2.28. The van der Waals surface area contributed by atoms with Crippen molar-refractivity contribution in [1.82, 2.24) is 9.97 Å². The van der Waals surface area contributed by atoms with Crippen molar-refractivity contribution in [2.75, 3.05) is 6.16 Å². The maximum atomic E-state index is 11.0. The van der Waals surface area contributed by atoms with Gasteiger partial charge in [-0.05, 0) is 75.1 Å². The van der Waals surface area contributed by atoms with Gasteiger partial charge >= 0.3 is 7.60 Å². The van der Waals surface area contributed by atoms with Crippen LogP contribution in [0.2, 0.25) is 0 Å². The molecule has 1 aromatic carbocycles. The molecule has 0 amide bonds. The van der Waals surface area contributed by atoms with E-state index >= 15 is 0 Å². The van der Waals surface area contributed by atoms with Crippen molar-refractivity contribution in [3.8, 4) is 0 Å². The fourth-order valence-electron chi connectivity index (χ4n) is 3.74. The van der Waals surface area contributed by atoms with Crippen LogP contribution in [0.5, 0.6) is 0 Å². The number of aryl methyl sites for hydroxylation is 2. The molecule has 1 fully saturated rings. The van der Waals surface area contributed by atoms with Crippen LogP contribution in [0.15, 0.2) is 18.5 Å². The van der Waals surface area contributed by atoms with E-state index in [1.807, 2.05) is 0 Å². The summed E-state index contributed by atoms with van der Waals surface area (Å²) >= 11 is 0. The number of aromatic nitrogens is 2. The first-order valence-corrected chi connectivity index (χ1v) is 10.4. The van der Waals surface area contributed by atoms with Gasteiger partial charge in [0.2, 0.25) is 0 Å². The van der Waals surface area contributed by atoms with E-state index < -0.39 is 7.60 Å². The van der Waals surface area contributed by atoms with Gasteiger partial charge in [-0.2, -0.15) is 0 Å². The van der Waals surface area contributed by atoms with Crippen molar-refractivity contribution in [2.24, 2.45) is 5.92 Å². The van der Waals surface area contributed by atoms with E-state index in [2.05, 4.69) is 35.9 Å². The van der Waals surface area contributed by atoms with Crippen molar-refractivity contribution in [1.29, 1.82) is 0 Å². The average molecular weight is 348 g/mol. The molecule has 1 aliphatic carbocycles. The Kier molecular flexibility index (Phi) is 5.05. The minimum atomic E-state index is -3.87. The Labute approximate surface area is 142 Å². The van der Waals surface area contributed by atoms with E-state index in [0.717, 1.165) is 42.3 Å². The summed E-state index contributed by atoms with van der Waals surface area (Å²) in [6, 6.07) is 4.32. The second-order valence-electron chi connectivity index (χ2n) is 7.11. The van der Waals surface area contributed by atoms with Crippen LogP contribution in [0.25, 0.3) is 10.9 Å². The number of nitrogens with zero attached hydrogens (tertiary/aromatic N) is 2. The van der Waals surface area contributed by atoms with E-state index in [4.69, 9.17) is 9.79 Å². The third-order valence-corrected chi connectivity index (χ3v) is 6.18. The molecular weight excluding hydrogens is 323 g/mol. The van der Waals surface area contributed by atoms with Gasteiger partial charge in [-0.15, -0.1) is 0 Å². The molecule has 5 nitrogen and oxygen atoms in total. The highest BCUT2D eigenvalue weighted by Gasteiger charge is 2.26. The lowest BCUT2D eigenvalue weighted by Crippen LogP contribution is -2.16. The highest BCUT2D eigenvalue weighted by Crippen LogP contribution is 2.42. The quantitative estimate of drug-likeness (QED) is 0.813. The first-order valence-electron chi connectivity index (χ1n) is 8.60. The Morgan fingerprint density at radius 3 is 2.42 bits per heavy atom. The van der Waals surface area contributed by atoms with Gasteiger partial charge in [-0.1, -0.05) is 0 Å². The van der Waals surface area contributed by atoms with Crippen molar-refractivity contribution in [3.63, 3.8) is 0 Å². The van der Waals surface area contributed by atoms with Crippen LogP contribution in [-0.4, -0.2) is 25.9 Å². The van der Waals surface area contributed by atoms with Crippen LogP contribution in [0.4, 0.5) is 0 Å². The number of fused-ring (bicyclic) bond motifs is 1. The molecule has 130 valence electrons. The number of benzene rings is 1. The topological polar surface area (TPSA) is 83.3 Å². The third-order valence-electron chi connectivity index (χ3n) is 5.34. The van der Waals surface area contributed by atoms with Crippen molar-refractivity contribution in [2.45, 2.75) is 51.9 Å². The average Bonchev–Trinajstić information content (AvgIpc) is 2.53. The normalized spacial score (nSPS) is 22.0. The van der Waals surface area contributed by atoms with E-state index in [0.29, 0.717) is 18.3 Å². The van der Waals surface area contributed by atoms with Crippen LogP contribution in [0, 0.1) is 19.8 Å². The van der Waals surface area contributed by atoms with Crippen LogP contribution < -0.4 is 0 Å². The zero-order valence-electron chi connectivity index (χ0n) is 14.3. The zero-order chi connectivity index (χ0) is 17.3. The summed E-state index contributed by atoms with van der Waals surface area (Å²) in [6.45, 7) is 4.22. The molecule has 0 atom stereocenters. The molecule has 2 aromatic rings. The summed E-state index contributed by atoms with van der Waals surface area (Å²) in [7, 11) is -3.87. The predicted molar refractivity (Wildman–Crippen MR) is 95.2 cm³/mol. The molecule has 0 radical (unpaired) electrons. The summed E-state index contributed by atoms with van der Waals surface area (Å²) in [4.78, 5) is 27.1. The molecule has 0 bridgehead atoms. The maximum Gasteiger partial charge on any atom is 0.325 e. The largest absolute Gasteiger partial charge is 0.325 e. The summed E-state index contributed by atoms with van der Waals surface area (Å²) in [5, 5.41) is 1.15. The van der Waals surface area contributed by atoms with E-state index in [-0.39, 0.29) is 6.16 Å². The van der Waals surface area contributed by atoms with Gasteiger partial charge in [0.25, 0.3) is 0 Å². The van der Waals surface area contributed by atoms with E-state index in [1.165, 1.54) is 11.1 Å². The van der Waals surface area contributed by atoms with Crippen LogP contribution in [0.3, 0.4) is 0 Å². The molecule has 1 saturated carbocycles. The van der Waals surface area contributed by atoms with Gasteiger partial charge < -0.3 is 9.79 Å². The molecule has 6 heteroatoms. The smallest absolute Gasteiger partial charge is 0.324 e. The van der Waals surface area contributed by atoms with Gasteiger partial charge in [-0.3, -0.25) is 4.57 Å². The lowest BCUT2D eigenvalue weighted by atomic mass is 9.78. The Morgan fingerprint density at radius 2 is 1.75 bits per heavy atom. The Morgan fingerprint density at radius 1 is 1.08 bits per heavy atom. The molecule has 1 aromatic heterocycles. The molecule has 24 heavy (non-hydrogen) atoms. The first-order chi connectivity index (χ1) is 11.3. The van der Waals surface area contributed by atoms with E-state index in [9.17, 15) is 4.57 Å². The van der Waals surface area contributed by atoms with E-state index in [1.54, 1.807) is 6.33 Å². The van der Waals surface area contributed by atoms with Crippen LogP contribution >= 0.6 is 7.60 Å². The highest BCUT2D eigenvalue weighted by atomic mass is 31.2. The maximum absolute atomic E-state index is 11.0. The van der Waals surface area contributed by atoms with Crippen molar-refractivity contribution < 1.29 is 14.4 Å². The first kappa shape index (κ1) is 17.5. The molecule has 0 aliphatic heterocycles. The monoisotopic (exact) mass is 348 g/mol. The predicted octanol–water partition coefficient (Wildman–Crippen LogP) is 4.09. The van der Waals surface area contributed by atoms with Crippen molar-refractivity contribution >= 4 is 18.5 Å². The van der Waals surface area contributed by atoms with Gasteiger partial charge in [-0.25, -0.2) is 9.97 Å². The van der Waals surface area contributed by atoms with Crippen LogP contribution in [-0.2, 0) is 4.57 Å². The van der Waals surface area contributed by atoms with Gasteiger partial charge in [0.1, 0.15) is 6.33 Å². The minimum absolute atomic E-state index is 0.0112. The summed E-state index contributed by atoms with van der Waals surface area (Å²) < 4.78 is 11.0. The molecular formula is C18H25N2O3P. The second kappa shape index (κ2) is 6.91. The molecule has 1 heterocycles. The molecule has 0 saturated heterocycles.